The van der Waals surface area contributed by atoms with Crippen molar-refractivity contribution in [2.24, 2.45) is 5.41 Å². The Bertz CT molecular complexity index is 1640. The summed E-state index contributed by atoms with van der Waals surface area (Å²) in [5.41, 5.74) is -0.183. The molecular formula is C42H63N3O15. The van der Waals surface area contributed by atoms with Crippen LogP contribution in [0.3, 0.4) is 0 Å². The molecule has 6 rings (SSSR count). The molecule has 13 atom stereocenters. The molecule has 1 aromatic rings. The highest BCUT2D eigenvalue weighted by Gasteiger charge is 2.76. The maximum Gasteiger partial charge on any atom is 0.327 e. The van der Waals surface area contributed by atoms with Crippen molar-refractivity contribution in [3.8, 4) is 0 Å². The number of nitrogens with one attached hydrogen (secondary N) is 2. The maximum absolute atomic E-state index is 14.9. The Morgan fingerprint density at radius 2 is 1.73 bits per heavy atom. The van der Waals surface area contributed by atoms with E-state index < -0.39 is 109 Å². The predicted octanol–water partition coefficient (Wildman–Crippen LogP) is -0.0688. The molecule has 18 heteroatoms. The van der Waals surface area contributed by atoms with Gasteiger partial charge >= 0.3 is 5.97 Å². The standard InChI is InChI=1S/C42H63N3O15/c1-4-6-8-15-41(16-9-7-5-2)58-33-27-21-42(40(54)44-29(24(3)48)37(52)43-17-18-46)35(38(53)56-27)45(60-36(42)34(33)59-41)22-26-13-10-12-25(20-26)14-11-19-55-39-32(51)31(50)30(49)28(23-47)57-39/h10-14,20,24,27-36,39,46-51H,4-9,15-19,21-23H2,1-3H3,(H,43,52)(H,44,54)/t24-,27?,28+,29+,30-,31-,32+,33-,34-,35-,36+,39-,42?/m0/s1. The van der Waals surface area contributed by atoms with Crippen LogP contribution < -0.4 is 10.6 Å². The van der Waals surface area contributed by atoms with Crippen molar-refractivity contribution in [1.82, 2.24) is 15.7 Å². The first-order valence-corrected chi connectivity index (χ1v) is 21.4. The van der Waals surface area contributed by atoms with Crippen LogP contribution in [0.2, 0.25) is 0 Å². The third-order valence-corrected chi connectivity index (χ3v) is 12.3. The molecule has 0 spiro atoms. The van der Waals surface area contributed by atoms with Crippen molar-refractivity contribution in [1.29, 1.82) is 0 Å². The minimum Gasteiger partial charge on any atom is -0.458 e. The molecule has 18 nitrogen and oxygen atoms in total. The number of amides is 2. The average molecular weight is 850 g/mol. The van der Waals surface area contributed by atoms with Gasteiger partial charge in [-0.25, -0.2) is 0 Å². The van der Waals surface area contributed by atoms with Gasteiger partial charge in [0.2, 0.25) is 11.8 Å². The zero-order valence-electron chi connectivity index (χ0n) is 34.6. The van der Waals surface area contributed by atoms with Gasteiger partial charge in [0, 0.05) is 25.8 Å². The molecule has 8 N–H and O–H groups in total. The van der Waals surface area contributed by atoms with Gasteiger partial charge in [-0.2, -0.15) is 5.06 Å². The predicted molar refractivity (Wildman–Crippen MR) is 211 cm³/mol. The van der Waals surface area contributed by atoms with Crippen molar-refractivity contribution in [3.63, 3.8) is 0 Å². The number of benzene rings is 1. The summed E-state index contributed by atoms with van der Waals surface area (Å²) in [4.78, 5) is 48.9. The molecule has 2 amide bonds. The first-order valence-electron chi connectivity index (χ1n) is 21.4. The molecule has 0 aromatic heterocycles. The van der Waals surface area contributed by atoms with Crippen LogP contribution in [-0.4, -0.2) is 159 Å². The highest BCUT2D eigenvalue weighted by molar-refractivity contribution is 5.96. The number of aliphatic hydroxyl groups excluding tert-OH is 6. The number of hydrogen-bond donors (Lipinski definition) is 8. The van der Waals surface area contributed by atoms with Crippen LogP contribution in [0.15, 0.2) is 30.3 Å². The number of hydrogen-bond acceptors (Lipinski definition) is 16. The van der Waals surface area contributed by atoms with Crippen LogP contribution in [0.1, 0.15) is 89.7 Å². The van der Waals surface area contributed by atoms with Crippen molar-refractivity contribution < 1.29 is 73.5 Å². The fourth-order valence-electron chi connectivity index (χ4n) is 9.18. The first kappa shape index (κ1) is 46.4. The Balaban J connectivity index is 1.26. The van der Waals surface area contributed by atoms with E-state index in [9.17, 15) is 45.0 Å². The number of unbranched alkanes of at least 4 members (excludes halogenated alkanes) is 4. The Hall–Kier alpha value is -3.11. The summed E-state index contributed by atoms with van der Waals surface area (Å²) in [5, 5.41) is 66.5. The average Bonchev–Trinajstić information content (AvgIpc) is 3.79. The quantitative estimate of drug-likeness (QED) is 0.0595. The zero-order chi connectivity index (χ0) is 43.2. The SMILES string of the molecule is CCCCCC1(CCCCC)O[C@@H]2[C@H]3ON(Cc4cccc(C=CCO[C@H]5O[C@H](CO)[C@H](O)[C@H](O)[C@H]5O)c4)[C@H]4C(=O)OC(CC34C(=O)N[C@@H](C(=O)NCCO)[C@H](C)O)[C@@H]2O1. The summed E-state index contributed by atoms with van der Waals surface area (Å²) in [5.74, 6) is -3.06. The lowest BCUT2D eigenvalue weighted by Gasteiger charge is -2.49. The molecule has 5 aliphatic rings. The number of nitrogens with zero attached hydrogens (tertiary/aromatic N) is 1. The minimum atomic E-state index is -1.61. The van der Waals surface area contributed by atoms with E-state index in [-0.39, 0.29) is 32.7 Å². The molecule has 2 bridgehead atoms. The van der Waals surface area contributed by atoms with Crippen molar-refractivity contribution in [3.05, 3.63) is 41.5 Å². The summed E-state index contributed by atoms with van der Waals surface area (Å²) < 4.78 is 30.9. The third-order valence-electron chi connectivity index (χ3n) is 12.3. The fourth-order valence-corrected chi connectivity index (χ4v) is 9.18. The summed E-state index contributed by atoms with van der Waals surface area (Å²) in [6.45, 7) is 4.57. The Labute approximate surface area is 350 Å². The van der Waals surface area contributed by atoms with Gasteiger partial charge in [0.25, 0.3) is 0 Å². The molecule has 4 heterocycles. The number of carbonyl (C=O) groups is 3. The van der Waals surface area contributed by atoms with Gasteiger partial charge in [-0.1, -0.05) is 75.9 Å². The summed E-state index contributed by atoms with van der Waals surface area (Å²) >= 11 is 0. The molecule has 4 aliphatic heterocycles. The topological polar surface area (TPSA) is 255 Å². The monoisotopic (exact) mass is 849 g/mol. The largest absolute Gasteiger partial charge is 0.458 e. The molecule has 2 unspecified atom stereocenters. The van der Waals surface area contributed by atoms with Crippen molar-refractivity contribution in [2.75, 3.05) is 26.4 Å². The second kappa shape index (κ2) is 20.4. The summed E-state index contributed by atoms with van der Waals surface area (Å²) in [6.07, 6.45) is -1.47. The van der Waals surface area contributed by atoms with Crippen LogP contribution in [0.5, 0.6) is 0 Å². The van der Waals surface area contributed by atoms with Gasteiger partial charge in [0.1, 0.15) is 60.3 Å². The molecule has 0 radical (unpaired) electrons. The maximum atomic E-state index is 14.9. The normalized spacial score (nSPS) is 34.2. The second-order valence-corrected chi connectivity index (χ2v) is 16.6. The van der Waals surface area contributed by atoms with Crippen LogP contribution >= 0.6 is 0 Å². The van der Waals surface area contributed by atoms with Crippen LogP contribution in [0.4, 0.5) is 0 Å². The number of rotatable bonds is 21. The van der Waals surface area contributed by atoms with Gasteiger partial charge < -0.3 is 65.0 Å². The number of esters is 1. The highest BCUT2D eigenvalue weighted by atomic mass is 16.8. The van der Waals surface area contributed by atoms with E-state index in [2.05, 4.69) is 24.5 Å². The number of ether oxygens (including phenoxy) is 5. The Morgan fingerprint density at radius 3 is 2.40 bits per heavy atom. The van der Waals surface area contributed by atoms with Gasteiger partial charge in [-0.05, 0) is 30.9 Å². The van der Waals surface area contributed by atoms with Crippen molar-refractivity contribution >= 4 is 23.9 Å². The molecule has 1 saturated carbocycles. The van der Waals surface area contributed by atoms with Gasteiger partial charge in [0.15, 0.2) is 18.1 Å². The van der Waals surface area contributed by atoms with Crippen LogP contribution in [-0.2, 0) is 49.5 Å². The van der Waals surface area contributed by atoms with Gasteiger partial charge in [-0.3, -0.25) is 19.2 Å². The second-order valence-electron chi connectivity index (χ2n) is 16.6. The van der Waals surface area contributed by atoms with Gasteiger partial charge in [-0.15, -0.1) is 0 Å². The lowest BCUT2D eigenvalue weighted by molar-refractivity contribution is -0.298. The number of hydroxylamine groups is 2. The summed E-state index contributed by atoms with van der Waals surface area (Å²) in [7, 11) is 0. The van der Waals surface area contributed by atoms with E-state index in [1.54, 1.807) is 18.2 Å². The molecule has 1 aliphatic carbocycles. The highest BCUT2D eigenvalue weighted by Crippen LogP contribution is 2.58. The van der Waals surface area contributed by atoms with E-state index in [0.717, 1.165) is 44.1 Å². The van der Waals surface area contributed by atoms with E-state index in [1.165, 1.54) is 12.0 Å². The fraction of sp³-hybridized carbons (Fsp3) is 0.738. The summed E-state index contributed by atoms with van der Waals surface area (Å²) in [6, 6.07) is 4.64. The molecule has 1 aromatic carbocycles. The lowest BCUT2D eigenvalue weighted by atomic mass is 9.62. The van der Waals surface area contributed by atoms with Crippen molar-refractivity contribution in [2.45, 2.75) is 164 Å². The lowest BCUT2D eigenvalue weighted by Crippen LogP contribution is -2.71. The molecule has 4 saturated heterocycles. The van der Waals surface area contributed by atoms with E-state index >= 15 is 0 Å². The number of carbonyl (C=O) groups excluding carboxylic acids is 3. The first-order chi connectivity index (χ1) is 28.8. The molecule has 5 fully saturated rings. The Kier molecular flexibility index (Phi) is 15.8. The zero-order valence-corrected chi connectivity index (χ0v) is 34.6. The van der Waals surface area contributed by atoms with Crippen LogP contribution in [0, 0.1) is 5.41 Å². The molecule has 60 heavy (non-hydrogen) atoms. The smallest absolute Gasteiger partial charge is 0.327 e. The van der Waals surface area contributed by atoms with E-state index in [4.69, 9.17) is 28.5 Å². The molecular weight excluding hydrogens is 786 g/mol. The third kappa shape index (κ3) is 9.60. The Morgan fingerprint density at radius 1 is 1.02 bits per heavy atom. The number of aliphatic hydroxyl groups is 6. The van der Waals surface area contributed by atoms with E-state index in [1.807, 2.05) is 18.2 Å². The van der Waals surface area contributed by atoms with E-state index in [0.29, 0.717) is 18.4 Å². The minimum absolute atomic E-state index is 0.0168. The number of fused-ring (bicyclic) bond motifs is 4. The van der Waals surface area contributed by atoms with Crippen LogP contribution in [0.25, 0.3) is 6.08 Å². The molecule has 336 valence electrons. The van der Waals surface area contributed by atoms with Gasteiger partial charge in [0.05, 0.1) is 32.5 Å².